The Morgan fingerprint density at radius 2 is 0.923 bits per heavy atom. The zero-order valence-corrected chi connectivity index (χ0v) is 41.7. The highest BCUT2D eigenvalue weighted by molar-refractivity contribution is 5.80. The molecular formula is C54H103NO10. The molecule has 1 heterocycles. The summed E-state index contributed by atoms with van der Waals surface area (Å²) < 4.78 is 11.1. The van der Waals surface area contributed by atoms with Gasteiger partial charge in [-0.25, -0.2) is 0 Å². The molecule has 9 atom stereocenters. The lowest BCUT2D eigenvalue weighted by atomic mass is 9.98. The third-order valence-electron chi connectivity index (χ3n) is 13.2. The van der Waals surface area contributed by atoms with Crippen LogP contribution >= 0.6 is 0 Å². The van der Waals surface area contributed by atoms with Crippen LogP contribution in [0.5, 0.6) is 0 Å². The highest BCUT2D eigenvalue weighted by Gasteiger charge is 2.44. The summed E-state index contributed by atoms with van der Waals surface area (Å²) >= 11 is 0. The number of hydrogen-bond acceptors (Lipinski definition) is 10. The van der Waals surface area contributed by atoms with Crippen molar-refractivity contribution in [2.75, 3.05) is 13.2 Å². The Hall–Kier alpha value is -1.41. The molecule has 1 aliphatic rings. The molecule has 0 aromatic rings. The van der Waals surface area contributed by atoms with Gasteiger partial charge in [0.15, 0.2) is 6.29 Å². The minimum absolute atomic E-state index is 0.248. The standard InChI is InChI=1S/C54H103NO10/c1-3-5-7-9-11-13-15-17-19-20-21-22-23-24-25-26-27-28-30-32-34-36-38-40-42-47(58)53(63)55-45(44-64-54-52(62)51(61)50(60)48(43-56)65-54)49(59)46(57)41-39-37-35-33-31-29-18-16-14-12-10-8-6-4-2/h16,18,33,35,45-52,54,56-62H,3-15,17,19-32,34,36-44H2,1-2H3,(H,55,63)/b18-16+,35-33+. The smallest absolute Gasteiger partial charge is 0.249 e. The first kappa shape index (κ1) is 61.6. The number of carbonyl (C=O) groups excluding carboxylic acids is 1. The minimum Gasteiger partial charge on any atom is -0.394 e. The Morgan fingerprint density at radius 3 is 1.37 bits per heavy atom. The number of aliphatic hydroxyl groups excluding tert-OH is 7. The molecule has 11 heteroatoms. The summed E-state index contributed by atoms with van der Waals surface area (Å²) in [5.74, 6) is -0.707. The van der Waals surface area contributed by atoms with Gasteiger partial charge in [-0.15, -0.1) is 0 Å². The number of carbonyl (C=O) groups is 1. The number of nitrogens with one attached hydrogen (secondary N) is 1. The Bertz CT molecular complexity index is 1110. The lowest BCUT2D eigenvalue weighted by Gasteiger charge is -2.40. The van der Waals surface area contributed by atoms with Crippen LogP contribution in [0.25, 0.3) is 0 Å². The fourth-order valence-corrected chi connectivity index (χ4v) is 8.75. The summed E-state index contributed by atoms with van der Waals surface area (Å²) in [6.07, 6.45) is 39.5. The van der Waals surface area contributed by atoms with E-state index >= 15 is 0 Å². The van der Waals surface area contributed by atoms with E-state index in [0.717, 1.165) is 38.5 Å². The Morgan fingerprint density at radius 1 is 0.523 bits per heavy atom. The number of aliphatic hydroxyl groups is 7. The van der Waals surface area contributed by atoms with E-state index in [4.69, 9.17) is 9.47 Å². The van der Waals surface area contributed by atoms with Crippen molar-refractivity contribution in [1.29, 1.82) is 0 Å². The number of unbranched alkanes of at least 4 members (excludes halogenated alkanes) is 30. The van der Waals surface area contributed by atoms with E-state index < -0.39 is 74.2 Å². The molecule has 1 fully saturated rings. The SMILES string of the molecule is CCCCCCC/C=C/CC/C=C/CCCC(O)C(O)C(COC1OC(CO)C(O)C(O)C1O)NC(=O)C(O)CCCCCCCCCCCCCCCCCCCCCCCCCC. The van der Waals surface area contributed by atoms with Gasteiger partial charge in [-0.1, -0.05) is 218 Å². The first-order valence-electron chi connectivity index (χ1n) is 27.2. The van der Waals surface area contributed by atoms with E-state index in [-0.39, 0.29) is 12.8 Å². The number of amides is 1. The Kier molecular flexibility index (Phi) is 41.6. The highest BCUT2D eigenvalue weighted by Crippen LogP contribution is 2.23. The number of ether oxygens (including phenoxy) is 2. The molecule has 8 N–H and O–H groups in total. The zero-order chi connectivity index (χ0) is 47.6. The number of hydrogen-bond donors (Lipinski definition) is 8. The summed E-state index contributed by atoms with van der Waals surface area (Å²) in [5.41, 5.74) is 0. The van der Waals surface area contributed by atoms with Crippen LogP contribution < -0.4 is 5.32 Å². The van der Waals surface area contributed by atoms with E-state index in [1.54, 1.807) is 0 Å². The Balaban J connectivity index is 2.32. The molecule has 0 aliphatic carbocycles. The first-order valence-corrected chi connectivity index (χ1v) is 27.2. The molecule has 1 amide bonds. The topological polar surface area (TPSA) is 189 Å². The van der Waals surface area contributed by atoms with Gasteiger partial charge >= 0.3 is 0 Å². The maximum Gasteiger partial charge on any atom is 0.249 e. The average Bonchev–Trinajstić information content (AvgIpc) is 3.31. The largest absolute Gasteiger partial charge is 0.394 e. The van der Waals surface area contributed by atoms with Gasteiger partial charge in [-0.2, -0.15) is 0 Å². The van der Waals surface area contributed by atoms with E-state index in [2.05, 4.69) is 43.5 Å². The van der Waals surface area contributed by atoms with Crippen molar-refractivity contribution in [2.45, 2.75) is 300 Å². The van der Waals surface area contributed by atoms with Crippen molar-refractivity contribution in [1.82, 2.24) is 5.32 Å². The van der Waals surface area contributed by atoms with Gasteiger partial charge in [0.05, 0.1) is 25.4 Å². The molecule has 0 aromatic heterocycles. The van der Waals surface area contributed by atoms with E-state index in [0.29, 0.717) is 19.3 Å². The normalized spacial score (nSPS) is 21.0. The van der Waals surface area contributed by atoms with Gasteiger partial charge in [0, 0.05) is 0 Å². The van der Waals surface area contributed by atoms with Gasteiger partial charge in [-0.05, 0) is 51.4 Å². The van der Waals surface area contributed by atoms with Gasteiger partial charge in [0.2, 0.25) is 5.91 Å². The second-order valence-electron chi connectivity index (χ2n) is 19.3. The first-order chi connectivity index (χ1) is 31.7. The van der Waals surface area contributed by atoms with Gasteiger partial charge in [0.1, 0.15) is 36.6 Å². The van der Waals surface area contributed by atoms with E-state index in [1.807, 2.05) is 0 Å². The van der Waals surface area contributed by atoms with Crippen LogP contribution in [-0.2, 0) is 14.3 Å². The van der Waals surface area contributed by atoms with Crippen molar-refractivity contribution in [3.05, 3.63) is 24.3 Å². The number of allylic oxidation sites excluding steroid dienone is 4. The molecular weight excluding hydrogens is 823 g/mol. The lowest BCUT2D eigenvalue weighted by Crippen LogP contribution is -2.60. The molecule has 0 aromatic carbocycles. The quantitative estimate of drug-likeness (QED) is 0.0216. The number of rotatable bonds is 46. The maximum atomic E-state index is 13.1. The molecule has 1 rings (SSSR count). The molecule has 65 heavy (non-hydrogen) atoms. The summed E-state index contributed by atoms with van der Waals surface area (Å²) in [4.78, 5) is 13.1. The average molecular weight is 926 g/mol. The predicted octanol–water partition coefficient (Wildman–Crippen LogP) is 10.6. The predicted molar refractivity (Wildman–Crippen MR) is 266 cm³/mol. The second-order valence-corrected chi connectivity index (χ2v) is 19.3. The maximum absolute atomic E-state index is 13.1. The van der Waals surface area contributed by atoms with Gasteiger partial charge < -0.3 is 50.5 Å². The zero-order valence-electron chi connectivity index (χ0n) is 41.7. The van der Waals surface area contributed by atoms with Crippen LogP contribution in [0.15, 0.2) is 24.3 Å². The van der Waals surface area contributed by atoms with Crippen LogP contribution in [0.2, 0.25) is 0 Å². The summed E-state index contributed by atoms with van der Waals surface area (Å²) in [6, 6.07) is -1.19. The molecule has 0 saturated carbocycles. The summed E-state index contributed by atoms with van der Waals surface area (Å²) in [5, 5.41) is 75.9. The third kappa shape index (κ3) is 32.9. The van der Waals surface area contributed by atoms with Gasteiger partial charge in [-0.3, -0.25) is 4.79 Å². The fourth-order valence-electron chi connectivity index (χ4n) is 8.75. The summed E-state index contributed by atoms with van der Waals surface area (Å²) in [7, 11) is 0. The molecule has 11 nitrogen and oxygen atoms in total. The van der Waals surface area contributed by atoms with Crippen LogP contribution in [-0.4, -0.2) is 110 Å². The molecule has 9 unspecified atom stereocenters. The second kappa shape index (κ2) is 43.8. The minimum atomic E-state index is -1.67. The van der Waals surface area contributed by atoms with Crippen molar-refractivity contribution in [3.8, 4) is 0 Å². The lowest BCUT2D eigenvalue weighted by molar-refractivity contribution is -0.303. The molecule has 1 saturated heterocycles. The molecule has 0 bridgehead atoms. The van der Waals surface area contributed by atoms with Crippen molar-refractivity contribution in [2.24, 2.45) is 0 Å². The molecule has 0 spiro atoms. The molecule has 1 aliphatic heterocycles. The van der Waals surface area contributed by atoms with Crippen molar-refractivity contribution in [3.63, 3.8) is 0 Å². The van der Waals surface area contributed by atoms with E-state index in [1.165, 1.54) is 161 Å². The highest BCUT2D eigenvalue weighted by atomic mass is 16.7. The van der Waals surface area contributed by atoms with Crippen LogP contribution in [0.1, 0.15) is 245 Å². The fraction of sp³-hybridized carbons (Fsp3) is 0.907. The monoisotopic (exact) mass is 926 g/mol. The molecule has 384 valence electrons. The molecule has 0 radical (unpaired) electrons. The van der Waals surface area contributed by atoms with Crippen LogP contribution in [0, 0.1) is 0 Å². The summed E-state index contributed by atoms with van der Waals surface area (Å²) in [6.45, 7) is 3.43. The Labute approximate surface area is 397 Å². The van der Waals surface area contributed by atoms with Gasteiger partial charge in [0.25, 0.3) is 0 Å². The van der Waals surface area contributed by atoms with Crippen molar-refractivity contribution >= 4 is 5.91 Å². The van der Waals surface area contributed by atoms with Crippen LogP contribution in [0.3, 0.4) is 0 Å². The van der Waals surface area contributed by atoms with Crippen LogP contribution in [0.4, 0.5) is 0 Å². The third-order valence-corrected chi connectivity index (χ3v) is 13.2. The van der Waals surface area contributed by atoms with E-state index in [9.17, 15) is 40.5 Å². The van der Waals surface area contributed by atoms with Crippen molar-refractivity contribution < 1.29 is 50.0 Å².